The Morgan fingerprint density at radius 3 is 2.72 bits per heavy atom. The zero-order valence-corrected chi connectivity index (χ0v) is 11.4. The lowest BCUT2D eigenvalue weighted by atomic mass is 10.3. The normalized spacial score (nSPS) is 10.4. The maximum absolute atomic E-state index is 13.2. The van der Waals surface area contributed by atoms with Crippen LogP contribution in [0.3, 0.4) is 0 Å². The van der Waals surface area contributed by atoms with Crippen LogP contribution >= 0.6 is 27.3 Å². The molecule has 1 aromatic heterocycles. The fourth-order valence-corrected chi connectivity index (χ4v) is 2.58. The standard InChI is InChI=1S/C12H7BrF2O2S/c13-11-5-4-10(18-11)8(16)6-17-9-3-1-2-7(14)12(9)15/h1-5H,6H2. The first-order valence-corrected chi connectivity index (χ1v) is 6.54. The summed E-state index contributed by atoms with van der Waals surface area (Å²) < 4.78 is 31.9. The molecule has 2 rings (SSSR count). The van der Waals surface area contributed by atoms with Crippen molar-refractivity contribution in [1.82, 2.24) is 0 Å². The Bertz CT molecular complexity index is 583. The number of carbonyl (C=O) groups excluding carboxylic acids is 1. The number of rotatable bonds is 4. The number of ketones is 1. The van der Waals surface area contributed by atoms with Crippen molar-refractivity contribution in [2.24, 2.45) is 0 Å². The Hall–Kier alpha value is -1.27. The summed E-state index contributed by atoms with van der Waals surface area (Å²) in [7, 11) is 0. The number of benzene rings is 1. The van der Waals surface area contributed by atoms with Crippen molar-refractivity contribution in [2.45, 2.75) is 0 Å². The largest absolute Gasteiger partial charge is 0.482 e. The van der Waals surface area contributed by atoms with Gasteiger partial charge >= 0.3 is 0 Å². The summed E-state index contributed by atoms with van der Waals surface area (Å²) in [6.45, 7) is -0.326. The van der Waals surface area contributed by atoms with Crippen molar-refractivity contribution in [3.8, 4) is 5.75 Å². The van der Waals surface area contributed by atoms with Crippen LogP contribution in [0.25, 0.3) is 0 Å². The maximum atomic E-state index is 13.2. The average Bonchev–Trinajstić information content (AvgIpc) is 2.77. The molecule has 0 aliphatic rings. The summed E-state index contributed by atoms with van der Waals surface area (Å²) >= 11 is 4.49. The van der Waals surface area contributed by atoms with E-state index in [9.17, 15) is 13.6 Å². The van der Waals surface area contributed by atoms with Crippen LogP contribution in [0.15, 0.2) is 34.1 Å². The lowest BCUT2D eigenvalue weighted by Gasteiger charge is -2.05. The van der Waals surface area contributed by atoms with Crippen LogP contribution in [0.2, 0.25) is 0 Å². The fraction of sp³-hybridized carbons (Fsp3) is 0.0833. The van der Waals surface area contributed by atoms with E-state index < -0.39 is 11.6 Å². The summed E-state index contributed by atoms with van der Waals surface area (Å²) in [6.07, 6.45) is 0. The van der Waals surface area contributed by atoms with Crippen molar-refractivity contribution in [2.75, 3.05) is 6.61 Å². The summed E-state index contributed by atoms with van der Waals surface area (Å²) in [4.78, 5) is 12.2. The van der Waals surface area contributed by atoms with Gasteiger partial charge in [0.2, 0.25) is 11.6 Å². The molecule has 0 aliphatic heterocycles. The van der Waals surface area contributed by atoms with Gasteiger partial charge in [-0.2, -0.15) is 4.39 Å². The second kappa shape index (κ2) is 5.58. The molecular weight excluding hydrogens is 326 g/mol. The van der Waals surface area contributed by atoms with Gasteiger partial charge < -0.3 is 4.74 Å². The molecule has 6 heteroatoms. The molecule has 2 nitrogen and oxygen atoms in total. The molecule has 0 saturated heterocycles. The third kappa shape index (κ3) is 2.94. The first-order chi connectivity index (χ1) is 8.58. The zero-order chi connectivity index (χ0) is 13.1. The highest BCUT2D eigenvalue weighted by molar-refractivity contribution is 9.11. The average molecular weight is 333 g/mol. The molecule has 0 radical (unpaired) electrons. The van der Waals surface area contributed by atoms with Gasteiger partial charge in [0.25, 0.3) is 0 Å². The Morgan fingerprint density at radius 2 is 2.06 bits per heavy atom. The van der Waals surface area contributed by atoms with Crippen molar-refractivity contribution in [3.63, 3.8) is 0 Å². The quantitative estimate of drug-likeness (QED) is 0.789. The van der Waals surface area contributed by atoms with Crippen LogP contribution in [-0.2, 0) is 0 Å². The minimum atomic E-state index is -1.09. The molecule has 0 spiro atoms. The van der Waals surface area contributed by atoms with E-state index in [0.717, 1.165) is 9.85 Å². The summed E-state index contributed by atoms with van der Waals surface area (Å²) in [5.41, 5.74) is 0. The first-order valence-electron chi connectivity index (χ1n) is 4.93. The summed E-state index contributed by atoms with van der Waals surface area (Å²) in [5.74, 6) is -2.63. The number of carbonyl (C=O) groups is 1. The number of thiophene rings is 1. The smallest absolute Gasteiger partial charge is 0.210 e. The highest BCUT2D eigenvalue weighted by atomic mass is 79.9. The molecule has 0 atom stereocenters. The van der Waals surface area contributed by atoms with Crippen LogP contribution in [0, 0.1) is 11.6 Å². The highest BCUT2D eigenvalue weighted by Crippen LogP contribution is 2.23. The highest BCUT2D eigenvalue weighted by Gasteiger charge is 2.13. The van der Waals surface area contributed by atoms with Crippen molar-refractivity contribution < 1.29 is 18.3 Å². The topological polar surface area (TPSA) is 26.3 Å². The van der Waals surface area contributed by atoms with Gasteiger partial charge in [-0.3, -0.25) is 4.79 Å². The van der Waals surface area contributed by atoms with E-state index >= 15 is 0 Å². The third-order valence-corrected chi connectivity index (χ3v) is 3.79. The van der Waals surface area contributed by atoms with Crippen molar-refractivity contribution in [3.05, 3.63) is 50.6 Å². The minimum Gasteiger partial charge on any atom is -0.482 e. The maximum Gasteiger partial charge on any atom is 0.210 e. The van der Waals surface area contributed by atoms with Gasteiger partial charge in [-0.15, -0.1) is 11.3 Å². The van der Waals surface area contributed by atoms with Gasteiger partial charge in [-0.05, 0) is 40.2 Å². The molecule has 0 saturated carbocycles. The SMILES string of the molecule is O=C(COc1cccc(F)c1F)c1ccc(Br)s1. The molecule has 0 amide bonds. The van der Waals surface area contributed by atoms with Crippen molar-refractivity contribution in [1.29, 1.82) is 0 Å². The Morgan fingerprint density at radius 1 is 1.28 bits per heavy atom. The molecule has 0 aliphatic carbocycles. The van der Waals surface area contributed by atoms with Gasteiger partial charge in [0, 0.05) is 0 Å². The number of ether oxygens (including phenoxy) is 1. The molecular formula is C12H7BrF2O2S. The lowest BCUT2D eigenvalue weighted by Crippen LogP contribution is -2.11. The van der Waals surface area contributed by atoms with E-state index in [1.165, 1.54) is 23.5 Å². The molecule has 2 aromatic rings. The number of hydrogen-bond donors (Lipinski definition) is 0. The van der Waals surface area contributed by atoms with Crippen molar-refractivity contribution >= 4 is 33.0 Å². The van der Waals surface area contributed by atoms with E-state index in [2.05, 4.69) is 15.9 Å². The van der Waals surface area contributed by atoms with Crippen LogP contribution in [0.5, 0.6) is 5.75 Å². The monoisotopic (exact) mass is 332 g/mol. The molecule has 0 fully saturated rings. The second-order valence-electron chi connectivity index (χ2n) is 3.37. The summed E-state index contributed by atoms with van der Waals surface area (Å²) in [6, 6.07) is 6.96. The Labute approximate surface area is 114 Å². The van der Waals surface area contributed by atoms with E-state index in [-0.39, 0.29) is 18.1 Å². The molecule has 0 unspecified atom stereocenters. The minimum absolute atomic E-state index is 0.265. The van der Waals surface area contributed by atoms with Gasteiger partial charge in [0.05, 0.1) is 8.66 Å². The van der Waals surface area contributed by atoms with Gasteiger partial charge in [0.1, 0.15) is 0 Å². The molecule has 1 aromatic carbocycles. The molecule has 0 bridgehead atoms. The predicted octanol–water partition coefficient (Wildman–Crippen LogP) is 4.05. The van der Waals surface area contributed by atoms with Crippen LogP contribution in [-0.4, -0.2) is 12.4 Å². The number of halogens is 3. The van der Waals surface area contributed by atoms with E-state index in [1.807, 2.05) is 0 Å². The third-order valence-electron chi connectivity index (χ3n) is 2.12. The van der Waals surface area contributed by atoms with Gasteiger partial charge in [0.15, 0.2) is 18.2 Å². The predicted molar refractivity (Wildman–Crippen MR) is 68.2 cm³/mol. The van der Waals surface area contributed by atoms with E-state index in [1.54, 1.807) is 12.1 Å². The van der Waals surface area contributed by atoms with Gasteiger partial charge in [-0.1, -0.05) is 6.07 Å². The van der Waals surface area contributed by atoms with Crippen LogP contribution in [0.4, 0.5) is 8.78 Å². The number of Topliss-reactive ketones (excluding diaryl/α,β-unsaturated/α-hetero) is 1. The summed E-state index contributed by atoms with van der Waals surface area (Å²) in [5, 5.41) is 0. The Kier molecular flexibility index (Phi) is 4.08. The van der Waals surface area contributed by atoms with E-state index in [4.69, 9.17) is 4.74 Å². The fourth-order valence-electron chi connectivity index (χ4n) is 1.27. The van der Waals surface area contributed by atoms with Gasteiger partial charge in [-0.25, -0.2) is 4.39 Å². The van der Waals surface area contributed by atoms with Crippen LogP contribution in [0.1, 0.15) is 9.67 Å². The molecule has 18 heavy (non-hydrogen) atoms. The lowest BCUT2D eigenvalue weighted by molar-refractivity contribution is 0.0922. The van der Waals surface area contributed by atoms with Crippen LogP contribution < -0.4 is 4.74 Å². The molecule has 0 N–H and O–H groups in total. The second-order valence-corrected chi connectivity index (χ2v) is 5.83. The Balaban J connectivity index is 2.04. The first kappa shape index (κ1) is 13.2. The zero-order valence-electron chi connectivity index (χ0n) is 8.95. The molecule has 94 valence electrons. The molecule has 1 heterocycles. The van der Waals surface area contributed by atoms with E-state index in [0.29, 0.717) is 4.88 Å². The number of hydrogen-bond acceptors (Lipinski definition) is 3.